The lowest BCUT2D eigenvalue weighted by Crippen LogP contribution is -2.11. The molecule has 2 aromatic carbocycles. The quantitative estimate of drug-likeness (QED) is 0.778. The van der Waals surface area contributed by atoms with Gasteiger partial charge in [0, 0.05) is 15.4 Å². The Morgan fingerprint density at radius 3 is 2.68 bits per heavy atom. The van der Waals surface area contributed by atoms with Crippen LogP contribution in [0.25, 0.3) is 22.3 Å². The zero-order chi connectivity index (χ0) is 13.4. The van der Waals surface area contributed by atoms with Crippen LogP contribution in [0.5, 0.6) is 0 Å². The van der Waals surface area contributed by atoms with Gasteiger partial charge in [-0.2, -0.15) is 0 Å². The van der Waals surface area contributed by atoms with Crippen LogP contribution in [0.2, 0.25) is 0 Å². The maximum atomic E-state index is 11.4. The highest BCUT2D eigenvalue weighted by Gasteiger charge is 2.13. The van der Waals surface area contributed by atoms with E-state index in [2.05, 4.69) is 15.9 Å². The Balaban J connectivity index is 2.22. The van der Waals surface area contributed by atoms with Gasteiger partial charge in [-0.3, -0.25) is 4.79 Å². The molecule has 0 radical (unpaired) electrons. The van der Waals surface area contributed by atoms with Gasteiger partial charge in [-0.1, -0.05) is 34.1 Å². The molecule has 0 spiro atoms. The molecule has 0 atom stereocenters. The van der Waals surface area contributed by atoms with Crippen molar-refractivity contribution in [2.24, 2.45) is 5.73 Å². The van der Waals surface area contributed by atoms with E-state index in [1.165, 1.54) is 0 Å². The van der Waals surface area contributed by atoms with Gasteiger partial charge in [0.25, 0.3) is 0 Å². The number of hydrogen-bond donors (Lipinski definition) is 1. The van der Waals surface area contributed by atoms with Crippen LogP contribution < -0.4 is 5.73 Å². The molecule has 1 heterocycles. The Bertz CT molecular complexity index is 777. The highest BCUT2D eigenvalue weighted by atomic mass is 79.9. The van der Waals surface area contributed by atoms with Crippen molar-refractivity contribution in [2.75, 3.05) is 0 Å². The number of hydrogen-bond acceptors (Lipinski definition) is 2. The number of amides is 1. The molecule has 0 bridgehead atoms. The van der Waals surface area contributed by atoms with Crippen LogP contribution in [-0.2, 0) is 0 Å². The van der Waals surface area contributed by atoms with Crippen LogP contribution in [0, 0.1) is 0 Å². The second kappa shape index (κ2) is 4.55. The largest absolute Gasteiger partial charge is 0.456 e. The molecule has 0 fully saturated rings. The van der Waals surface area contributed by atoms with Gasteiger partial charge in [-0.25, -0.2) is 0 Å². The molecule has 0 aliphatic rings. The van der Waals surface area contributed by atoms with Crippen LogP contribution in [-0.4, -0.2) is 5.91 Å². The van der Waals surface area contributed by atoms with Crippen molar-refractivity contribution < 1.29 is 9.21 Å². The number of primary amides is 1. The second-order valence-corrected chi connectivity index (χ2v) is 5.12. The summed E-state index contributed by atoms with van der Waals surface area (Å²) in [6.45, 7) is 0. The molecule has 3 nitrogen and oxygen atoms in total. The number of rotatable bonds is 2. The molecule has 2 N–H and O–H groups in total. The molecule has 0 aliphatic heterocycles. The van der Waals surface area contributed by atoms with Crippen molar-refractivity contribution >= 4 is 32.8 Å². The Labute approximate surface area is 118 Å². The van der Waals surface area contributed by atoms with E-state index < -0.39 is 5.91 Å². The number of benzene rings is 2. The molecule has 3 rings (SSSR count). The predicted molar refractivity (Wildman–Crippen MR) is 77.9 cm³/mol. The van der Waals surface area contributed by atoms with Gasteiger partial charge >= 0.3 is 0 Å². The first kappa shape index (κ1) is 12.0. The number of carbonyl (C=O) groups is 1. The van der Waals surface area contributed by atoms with Crippen molar-refractivity contribution in [1.82, 2.24) is 0 Å². The molecule has 94 valence electrons. The van der Waals surface area contributed by atoms with Crippen molar-refractivity contribution in [3.63, 3.8) is 0 Å². The molecular weight excluding hydrogens is 306 g/mol. The minimum atomic E-state index is -0.461. The van der Waals surface area contributed by atoms with Crippen molar-refractivity contribution in [2.45, 2.75) is 0 Å². The average molecular weight is 316 g/mol. The molecule has 0 saturated heterocycles. The highest BCUT2D eigenvalue weighted by Crippen LogP contribution is 2.31. The SMILES string of the molecule is NC(=O)c1ccccc1-c1cc2cc(Br)ccc2o1. The minimum absolute atomic E-state index is 0.459. The zero-order valence-corrected chi connectivity index (χ0v) is 11.5. The van der Waals surface area contributed by atoms with Gasteiger partial charge in [0.05, 0.1) is 5.56 Å². The van der Waals surface area contributed by atoms with Crippen molar-refractivity contribution in [1.29, 1.82) is 0 Å². The number of nitrogens with two attached hydrogens (primary N) is 1. The summed E-state index contributed by atoms with van der Waals surface area (Å²) in [4.78, 5) is 11.4. The fourth-order valence-electron chi connectivity index (χ4n) is 2.06. The third-order valence-electron chi connectivity index (χ3n) is 2.94. The number of furan rings is 1. The van der Waals surface area contributed by atoms with Crippen LogP contribution in [0.4, 0.5) is 0 Å². The Morgan fingerprint density at radius 2 is 1.89 bits per heavy atom. The van der Waals surface area contributed by atoms with Crippen LogP contribution in [0.15, 0.2) is 57.4 Å². The standard InChI is InChI=1S/C15H10BrNO2/c16-10-5-6-13-9(7-10)8-14(19-13)11-3-1-2-4-12(11)15(17)18/h1-8H,(H2,17,18). The fraction of sp³-hybridized carbons (Fsp3) is 0. The molecule has 0 saturated carbocycles. The lowest BCUT2D eigenvalue weighted by Gasteiger charge is -2.02. The first-order valence-electron chi connectivity index (χ1n) is 5.73. The summed E-state index contributed by atoms with van der Waals surface area (Å²) in [6.07, 6.45) is 0. The molecular formula is C15H10BrNO2. The lowest BCUT2D eigenvalue weighted by molar-refractivity contribution is 0.100. The molecule has 4 heteroatoms. The van der Waals surface area contributed by atoms with E-state index in [4.69, 9.17) is 10.2 Å². The monoisotopic (exact) mass is 315 g/mol. The second-order valence-electron chi connectivity index (χ2n) is 4.20. The highest BCUT2D eigenvalue weighted by molar-refractivity contribution is 9.10. The smallest absolute Gasteiger partial charge is 0.249 e. The lowest BCUT2D eigenvalue weighted by atomic mass is 10.0. The number of carbonyl (C=O) groups excluding carboxylic acids is 1. The summed E-state index contributed by atoms with van der Waals surface area (Å²) in [5.74, 6) is 0.180. The fourth-order valence-corrected chi connectivity index (χ4v) is 2.44. The molecule has 1 aromatic heterocycles. The predicted octanol–water partition coefficient (Wildman–Crippen LogP) is 3.96. The maximum Gasteiger partial charge on any atom is 0.249 e. The van der Waals surface area contributed by atoms with Crippen LogP contribution in [0.1, 0.15) is 10.4 Å². The third-order valence-corrected chi connectivity index (χ3v) is 3.43. The van der Waals surface area contributed by atoms with E-state index in [1.807, 2.05) is 36.4 Å². The topological polar surface area (TPSA) is 56.2 Å². The van der Waals surface area contributed by atoms with E-state index in [-0.39, 0.29) is 0 Å². The van der Waals surface area contributed by atoms with E-state index in [1.54, 1.807) is 12.1 Å². The molecule has 19 heavy (non-hydrogen) atoms. The van der Waals surface area contributed by atoms with Gasteiger partial charge in [-0.15, -0.1) is 0 Å². The third kappa shape index (κ3) is 2.15. The summed E-state index contributed by atoms with van der Waals surface area (Å²) in [5, 5.41) is 0.976. The summed E-state index contributed by atoms with van der Waals surface area (Å²) >= 11 is 3.42. The van der Waals surface area contributed by atoms with Gasteiger partial charge in [0.2, 0.25) is 5.91 Å². The van der Waals surface area contributed by atoms with E-state index >= 15 is 0 Å². The Morgan fingerprint density at radius 1 is 1.11 bits per heavy atom. The number of halogens is 1. The summed E-state index contributed by atoms with van der Waals surface area (Å²) in [7, 11) is 0. The van der Waals surface area contributed by atoms with Gasteiger partial charge in [-0.05, 0) is 30.3 Å². The zero-order valence-electron chi connectivity index (χ0n) is 9.89. The summed E-state index contributed by atoms with van der Waals surface area (Å²) in [6, 6.07) is 14.8. The Hall–Kier alpha value is -2.07. The first-order valence-corrected chi connectivity index (χ1v) is 6.53. The van der Waals surface area contributed by atoms with Gasteiger partial charge in [0.1, 0.15) is 11.3 Å². The Kier molecular flexibility index (Phi) is 2.87. The number of fused-ring (bicyclic) bond motifs is 1. The molecule has 0 unspecified atom stereocenters. The van der Waals surface area contributed by atoms with E-state index in [0.29, 0.717) is 16.9 Å². The van der Waals surface area contributed by atoms with Gasteiger partial charge in [0.15, 0.2) is 0 Å². The summed E-state index contributed by atoms with van der Waals surface area (Å²) in [5.41, 5.74) is 7.33. The molecule has 3 aromatic rings. The van der Waals surface area contributed by atoms with Crippen molar-refractivity contribution in [3.8, 4) is 11.3 Å². The van der Waals surface area contributed by atoms with Crippen molar-refractivity contribution in [3.05, 3.63) is 58.6 Å². The van der Waals surface area contributed by atoms with Gasteiger partial charge < -0.3 is 10.2 Å². The molecule has 0 aliphatic carbocycles. The maximum absolute atomic E-state index is 11.4. The van der Waals surface area contributed by atoms with Crippen LogP contribution in [0.3, 0.4) is 0 Å². The first-order chi connectivity index (χ1) is 9.15. The van der Waals surface area contributed by atoms with E-state index in [9.17, 15) is 4.79 Å². The average Bonchev–Trinajstić information content (AvgIpc) is 2.81. The summed E-state index contributed by atoms with van der Waals surface area (Å²) < 4.78 is 6.75. The molecule has 1 amide bonds. The minimum Gasteiger partial charge on any atom is -0.456 e. The van der Waals surface area contributed by atoms with E-state index in [0.717, 1.165) is 15.4 Å². The normalized spacial score (nSPS) is 10.8. The van der Waals surface area contributed by atoms with Crippen LogP contribution >= 0.6 is 15.9 Å².